The van der Waals surface area contributed by atoms with Gasteiger partial charge in [0.25, 0.3) is 0 Å². The van der Waals surface area contributed by atoms with E-state index in [1.54, 1.807) is 0 Å². The normalized spacial score (nSPS) is 13.8. The first kappa shape index (κ1) is 13.9. The number of halogens is 5. The number of rotatable bonds is 4. The zero-order chi connectivity index (χ0) is 13.1. The summed E-state index contributed by atoms with van der Waals surface area (Å²) in [6, 6.07) is 2.22. The van der Waals surface area contributed by atoms with Gasteiger partial charge in [-0.2, -0.15) is 13.2 Å². The molecule has 0 aromatic heterocycles. The quantitative estimate of drug-likeness (QED) is 0.492. The van der Waals surface area contributed by atoms with Crippen LogP contribution in [0.15, 0.2) is 18.2 Å². The Labute approximate surface area is 94.6 Å². The number of benzene rings is 1. The third-order valence-corrected chi connectivity index (χ3v) is 2.27. The third kappa shape index (κ3) is 3.94. The molecule has 0 heterocycles. The van der Waals surface area contributed by atoms with E-state index in [4.69, 9.17) is 5.84 Å². The first-order valence-corrected chi connectivity index (χ1v) is 4.82. The van der Waals surface area contributed by atoms with Gasteiger partial charge in [0.2, 0.25) is 0 Å². The van der Waals surface area contributed by atoms with E-state index >= 15 is 0 Å². The zero-order valence-electron chi connectivity index (χ0n) is 8.69. The summed E-state index contributed by atoms with van der Waals surface area (Å²) in [6.45, 7) is 0. The van der Waals surface area contributed by atoms with E-state index < -0.39 is 36.7 Å². The average Bonchev–Trinajstić information content (AvgIpc) is 2.23. The molecule has 2 nitrogen and oxygen atoms in total. The number of hydrogen-bond donors (Lipinski definition) is 2. The van der Waals surface area contributed by atoms with Crippen LogP contribution in [0.2, 0.25) is 0 Å². The van der Waals surface area contributed by atoms with Crippen LogP contribution in [-0.4, -0.2) is 6.18 Å². The number of hydrazine groups is 1. The first-order valence-electron chi connectivity index (χ1n) is 4.82. The monoisotopic (exact) mass is 254 g/mol. The Morgan fingerprint density at radius 1 is 1.24 bits per heavy atom. The fourth-order valence-corrected chi connectivity index (χ4v) is 1.43. The molecule has 1 unspecified atom stereocenters. The second-order valence-electron chi connectivity index (χ2n) is 3.52. The molecule has 1 rings (SSSR count). The van der Waals surface area contributed by atoms with Gasteiger partial charge in [-0.25, -0.2) is 8.78 Å². The van der Waals surface area contributed by atoms with Gasteiger partial charge in [0.05, 0.1) is 0 Å². The van der Waals surface area contributed by atoms with Crippen LogP contribution in [-0.2, 0) is 0 Å². The molecule has 0 saturated heterocycles. The molecule has 0 saturated carbocycles. The van der Waals surface area contributed by atoms with Crippen LogP contribution in [0.1, 0.15) is 24.4 Å². The van der Waals surface area contributed by atoms with E-state index in [0.717, 1.165) is 6.07 Å². The van der Waals surface area contributed by atoms with Crippen molar-refractivity contribution >= 4 is 0 Å². The molecule has 0 radical (unpaired) electrons. The fraction of sp³-hybridized carbons (Fsp3) is 0.400. The Kier molecular flexibility index (Phi) is 4.41. The van der Waals surface area contributed by atoms with Crippen molar-refractivity contribution < 1.29 is 22.0 Å². The van der Waals surface area contributed by atoms with Gasteiger partial charge in [0, 0.05) is 18.0 Å². The molecule has 17 heavy (non-hydrogen) atoms. The molecule has 7 heteroatoms. The number of hydrogen-bond acceptors (Lipinski definition) is 2. The second kappa shape index (κ2) is 5.42. The highest BCUT2D eigenvalue weighted by Gasteiger charge is 2.29. The topological polar surface area (TPSA) is 38.0 Å². The molecule has 3 N–H and O–H groups in total. The van der Waals surface area contributed by atoms with Crippen molar-refractivity contribution in [3.8, 4) is 0 Å². The molecule has 0 amide bonds. The number of nitrogens with one attached hydrogen (secondary N) is 1. The Morgan fingerprint density at radius 2 is 1.88 bits per heavy atom. The highest BCUT2D eigenvalue weighted by atomic mass is 19.4. The molecule has 0 aliphatic carbocycles. The van der Waals surface area contributed by atoms with Crippen molar-refractivity contribution in [1.82, 2.24) is 5.43 Å². The third-order valence-electron chi connectivity index (χ3n) is 2.27. The van der Waals surface area contributed by atoms with E-state index in [1.807, 2.05) is 0 Å². The Hall–Kier alpha value is -1.21. The lowest BCUT2D eigenvalue weighted by atomic mass is 10.0. The minimum atomic E-state index is -4.36. The lowest BCUT2D eigenvalue weighted by Crippen LogP contribution is -2.30. The van der Waals surface area contributed by atoms with Gasteiger partial charge in [-0.05, 0) is 12.5 Å². The number of alkyl halides is 3. The molecule has 1 aromatic carbocycles. The van der Waals surface area contributed by atoms with Gasteiger partial charge in [0.1, 0.15) is 0 Å². The molecule has 0 aliphatic rings. The van der Waals surface area contributed by atoms with E-state index in [-0.39, 0.29) is 5.56 Å². The predicted molar refractivity (Wildman–Crippen MR) is 51.7 cm³/mol. The SMILES string of the molecule is NNC(CCC(F)(F)F)c1cccc(F)c1F. The summed E-state index contributed by atoms with van der Waals surface area (Å²) in [5.41, 5.74) is 1.84. The predicted octanol–water partition coefficient (Wildman–Crippen LogP) is 2.81. The van der Waals surface area contributed by atoms with Gasteiger partial charge >= 0.3 is 6.18 Å². The van der Waals surface area contributed by atoms with Crippen LogP contribution in [0.5, 0.6) is 0 Å². The summed E-state index contributed by atoms with van der Waals surface area (Å²) >= 11 is 0. The minimum absolute atomic E-state index is 0.211. The zero-order valence-corrected chi connectivity index (χ0v) is 8.69. The van der Waals surface area contributed by atoms with Gasteiger partial charge in [-0.15, -0.1) is 0 Å². The van der Waals surface area contributed by atoms with Crippen molar-refractivity contribution in [3.05, 3.63) is 35.4 Å². The summed E-state index contributed by atoms with van der Waals surface area (Å²) in [7, 11) is 0. The molecular weight excluding hydrogens is 243 g/mol. The standard InChI is InChI=1S/C10H11F5N2/c11-7-3-1-2-6(9(7)12)8(17-16)4-5-10(13,14)15/h1-3,8,17H,4-5,16H2. The van der Waals surface area contributed by atoms with Crippen LogP contribution in [0, 0.1) is 11.6 Å². The van der Waals surface area contributed by atoms with Crippen LogP contribution in [0.25, 0.3) is 0 Å². The number of nitrogens with two attached hydrogens (primary N) is 1. The van der Waals surface area contributed by atoms with Crippen molar-refractivity contribution in [2.24, 2.45) is 5.84 Å². The Balaban J connectivity index is 2.83. The summed E-state index contributed by atoms with van der Waals surface area (Å²) in [4.78, 5) is 0. The lowest BCUT2D eigenvalue weighted by Gasteiger charge is -2.18. The second-order valence-corrected chi connectivity index (χ2v) is 3.52. The first-order chi connectivity index (χ1) is 7.85. The maximum absolute atomic E-state index is 13.3. The van der Waals surface area contributed by atoms with Gasteiger partial charge in [-0.1, -0.05) is 12.1 Å². The van der Waals surface area contributed by atoms with Gasteiger partial charge in [-0.3, -0.25) is 11.3 Å². The average molecular weight is 254 g/mol. The molecule has 0 spiro atoms. The van der Waals surface area contributed by atoms with Crippen LogP contribution >= 0.6 is 0 Å². The van der Waals surface area contributed by atoms with E-state index in [0.29, 0.717) is 0 Å². The maximum atomic E-state index is 13.3. The molecular formula is C10H11F5N2. The largest absolute Gasteiger partial charge is 0.389 e. The Bertz CT molecular complexity index is 377. The van der Waals surface area contributed by atoms with Crippen LogP contribution < -0.4 is 11.3 Å². The molecule has 1 aromatic rings. The highest BCUT2D eigenvalue weighted by molar-refractivity contribution is 5.22. The lowest BCUT2D eigenvalue weighted by molar-refractivity contribution is -0.136. The maximum Gasteiger partial charge on any atom is 0.389 e. The molecule has 1 atom stereocenters. The summed E-state index contributed by atoms with van der Waals surface area (Å²) < 4.78 is 62.2. The van der Waals surface area contributed by atoms with Crippen molar-refractivity contribution in [2.45, 2.75) is 25.1 Å². The van der Waals surface area contributed by atoms with Gasteiger partial charge < -0.3 is 0 Å². The molecule has 0 bridgehead atoms. The molecule has 96 valence electrons. The minimum Gasteiger partial charge on any atom is -0.271 e. The molecule has 0 aliphatic heterocycles. The smallest absolute Gasteiger partial charge is 0.271 e. The van der Waals surface area contributed by atoms with Crippen LogP contribution in [0.3, 0.4) is 0 Å². The van der Waals surface area contributed by atoms with Crippen molar-refractivity contribution in [2.75, 3.05) is 0 Å². The summed E-state index contributed by atoms with van der Waals surface area (Å²) in [5, 5.41) is 0. The van der Waals surface area contributed by atoms with Crippen LogP contribution in [0.4, 0.5) is 22.0 Å². The van der Waals surface area contributed by atoms with E-state index in [1.165, 1.54) is 12.1 Å². The van der Waals surface area contributed by atoms with Gasteiger partial charge in [0.15, 0.2) is 11.6 Å². The van der Waals surface area contributed by atoms with E-state index in [2.05, 4.69) is 5.43 Å². The summed E-state index contributed by atoms with van der Waals surface area (Å²) in [5.74, 6) is 2.75. The fourth-order valence-electron chi connectivity index (χ4n) is 1.43. The highest BCUT2D eigenvalue weighted by Crippen LogP contribution is 2.28. The van der Waals surface area contributed by atoms with Crippen molar-refractivity contribution in [3.63, 3.8) is 0 Å². The van der Waals surface area contributed by atoms with E-state index in [9.17, 15) is 22.0 Å². The van der Waals surface area contributed by atoms with Crippen molar-refractivity contribution in [1.29, 1.82) is 0 Å². The Morgan fingerprint density at radius 3 is 2.41 bits per heavy atom. The molecule has 0 fully saturated rings. The summed E-state index contributed by atoms with van der Waals surface area (Å²) in [6.07, 6.45) is -5.95.